The summed E-state index contributed by atoms with van der Waals surface area (Å²) in [4.78, 5) is 22.8. The minimum atomic E-state index is -0.0203. The van der Waals surface area contributed by atoms with Crippen LogP contribution in [0.3, 0.4) is 0 Å². The Hall–Kier alpha value is -1.06. The molecule has 0 bridgehead atoms. The van der Waals surface area contributed by atoms with Crippen molar-refractivity contribution in [1.29, 1.82) is 0 Å². The van der Waals surface area contributed by atoms with E-state index in [2.05, 4.69) is 10.6 Å². The molecule has 1 aliphatic rings. The van der Waals surface area contributed by atoms with Crippen molar-refractivity contribution in [2.75, 3.05) is 6.54 Å². The summed E-state index contributed by atoms with van der Waals surface area (Å²) < 4.78 is 0. The summed E-state index contributed by atoms with van der Waals surface area (Å²) in [6.07, 6.45) is 2.93. The lowest BCUT2D eigenvalue weighted by atomic mass is 10.1. The van der Waals surface area contributed by atoms with Crippen molar-refractivity contribution in [3.63, 3.8) is 0 Å². The first-order chi connectivity index (χ1) is 7.50. The van der Waals surface area contributed by atoms with Crippen molar-refractivity contribution in [1.82, 2.24) is 10.6 Å². The van der Waals surface area contributed by atoms with Crippen LogP contribution in [0.25, 0.3) is 0 Å². The van der Waals surface area contributed by atoms with Crippen LogP contribution in [0, 0.1) is 11.8 Å². The first kappa shape index (κ1) is 13.0. The highest BCUT2D eigenvalue weighted by Crippen LogP contribution is 2.19. The molecule has 1 atom stereocenters. The van der Waals surface area contributed by atoms with E-state index in [0.29, 0.717) is 19.0 Å². The fraction of sp³-hybridized carbons (Fsp3) is 0.833. The van der Waals surface area contributed by atoms with Gasteiger partial charge in [0.15, 0.2) is 0 Å². The zero-order valence-corrected chi connectivity index (χ0v) is 10.4. The van der Waals surface area contributed by atoms with Crippen LogP contribution >= 0.6 is 0 Å². The van der Waals surface area contributed by atoms with Gasteiger partial charge in [0, 0.05) is 24.4 Å². The summed E-state index contributed by atoms with van der Waals surface area (Å²) in [5.41, 5.74) is 0. The fourth-order valence-corrected chi connectivity index (χ4v) is 1.32. The predicted molar refractivity (Wildman–Crippen MR) is 62.8 cm³/mol. The zero-order chi connectivity index (χ0) is 12.1. The van der Waals surface area contributed by atoms with Crippen LogP contribution in [0.2, 0.25) is 0 Å². The second-order valence-corrected chi connectivity index (χ2v) is 4.92. The van der Waals surface area contributed by atoms with Crippen LogP contribution in [0.15, 0.2) is 0 Å². The molecule has 0 aliphatic heterocycles. The molecule has 1 saturated carbocycles. The third-order valence-corrected chi connectivity index (χ3v) is 2.77. The number of carbonyl (C=O) groups is 2. The average molecular weight is 226 g/mol. The molecule has 0 heterocycles. The van der Waals surface area contributed by atoms with Crippen molar-refractivity contribution in [2.24, 2.45) is 11.8 Å². The molecular formula is C12H22N2O2. The van der Waals surface area contributed by atoms with E-state index < -0.39 is 0 Å². The van der Waals surface area contributed by atoms with Crippen molar-refractivity contribution >= 4 is 11.8 Å². The van der Waals surface area contributed by atoms with E-state index in [0.717, 1.165) is 12.8 Å². The number of hydrogen-bond donors (Lipinski definition) is 2. The standard InChI is InChI=1S/C12H22N2O2/c1-8(2)11(15)13-7-6-9(3)12(16)14-10-4-5-10/h8-10H,4-7H2,1-3H3,(H,13,15)(H,14,16). The van der Waals surface area contributed by atoms with Gasteiger partial charge in [-0.05, 0) is 19.3 Å². The Bertz CT molecular complexity index is 260. The van der Waals surface area contributed by atoms with Gasteiger partial charge in [0.05, 0.1) is 0 Å². The Morgan fingerprint density at radius 1 is 1.19 bits per heavy atom. The lowest BCUT2D eigenvalue weighted by Gasteiger charge is -2.13. The van der Waals surface area contributed by atoms with E-state index >= 15 is 0 Å². The van der Waals surface area contributed by atoms with Gasteiger partial charge < -0.3 is 10.6 Å². The smallest absolute Gasteiger partial charge is 0.223 e. The maximum absolute atomic E-state index is 11.6. The highest BCUT2D eigenvalue weighted by molar-refractivity contribution is 5.79. The Morgan fingerprint density at radius 2 is 1.81 bits per heavy atom. The fourth-order valence-electron chi connectivity index (χ4n) is 1.32. The van der Waals surface area contributed by atoms with Crippen LogP contribution in [-0.4, -0.2) is 24.4 Å². The molecule has 4 nitrogen and oxygen atoms in total. The van der Waals surface area contributed by atoms with Crippen molar-refractivity contribution in [2.45, 2.75) is 46.1 Å². The van der Waals surface area contributed by atoms with Gasteiger partial charge in [-0.2, -0.15) is 0 Å². The summed E-state index contributed by atoms with van der Waals surface area (Å²) in [5, 5.41) is 5.78. The summed E-state index contributed by atoms with van der Waals surface area (Å²) in [7, 11) is 0. The van der Waals surface area contributed by atoms with Gasteiger partial charge in [0.25, 0.3) is 0 Å². The van der Waals surface area contributed by atoms with E-state index in [9.17, 15) is 9.59 Å². The predicted octanol–water partition coefficient (Wildman–Crippen LogP) is 1.06. The lowest BCUT2D eigenvalue weighted by Crippen LogP contribution is -2.34. The second-order valence-electron chi connectivity index (χ2n) is 4.92. The van der Waals surface area contributed by atoms with E-state index in [4.69, 9.17) is 0 Å². The molecule has 0 aromatic heterocycles. The van der Waals surface area contributed by atoms with Gasteiger partial charge in [-0.1, -0.05) is 20.8 Å². The highest BCUT2D eigenvalue weighted by Gasteiger charge is 2.25. The van der Waals surface area contributed by atoms with Crippen LogP contribution < -0.4 is 10.6 Å². The number of amides is 2. The maximum Gasteiger partial charge on any atom is 0.223 e. The monoisotopic (exact) mass is 226 g/mol. The number of carbonyl (C=O) groups excluding carboxylic acids is 2. The second kappa shape index (κ2) is 5.87. The van der Waals surface area contributed by atoms with Crippen LogP contribution in [0.4, 0.5) is 0 Å². The molecule has 2 amide bonds. The third kappa shape index (κ3) is 4.64. The molecule has 1 rings (SSSR count). The highest BCUT2D eigenvalue weighted by atomic mass is 16.2. The van der Waals surface area contributed by atoms with E-state index in [1.807, 2.05) is 20.8 Å². The topological polar surface area (TPSA) is 58.2 Å². The normalized spacial score (nSPS) is 17.0. The van der Waals surface area contributed by atoms with Crippen LogP contribution in [-0.2, 0) is 9.59 Å². The largest absolute Gasteiger partial charge is 0.356 e. The number of hydrogen-bond acceptors (Lipinski definition) is 2. The van der Waals surface area contributed by atoms with Crippen molar-refractivity contribution in [3.8, 4) is 0 Å². The minimum Gasteiger partial charge on any atom is -0.356 e. The molecule has 0 aromatic carbocycles. The van der Waals surface area contributed by atoms with Gasteiger partial charge in [-0.3, -0.25) is 9.59 Å². The van der Waals surface area contributed by atoms with Crippen molar-refractivity contribution < 1.29 is 9.59 Å². The van der Waals surface area contributed by atoms with Gasteiger partial charge in [-0.15, -0.1) is 0 Å². The van der Waals surface area contributed by atoms with E-state index in [-0.39, 0.29) is 23.7 Å². The number of nitrogens with one attached hydrogen (secondary N) is 2. The molecule has 1 aliphatic carbocycles. The molecular weight excluding hydrogens is 204 g/mol. The Morgan fingerprint density at radius 3 is 2.31 bits per heavy atom. The average Bonchev–Trinajstić information content (AvgIpc) is 3.00. The molecule has 1 fully saturated rings. The quantitative estimate of drug-likeness (QED) is 0.711. The molecule has 0 saturated heterocycles. The van der Waals surface area contributed by atoms with Crippen LogP contribution in [0.5, 0.6) is 0 Å². The molecule has 1 unspecified atom stereocenters. The minimum absolute atomic E-state index is 0.00981. The Labute approximate surface area is 97.2 Å². The molecule has 4 heteroatoms. The summed E-state index contributed by atoms with van der Waals surface area (Å²) in [6.45, 7) is 6.20. The van der Waals surface area contributed by atoms with Gasteiger partial charge in [0.2, 0.25) is 11.8 Å². The van der Waals surface area contributed by atoms with Gasteiger partial charge in [0.1, 0.15) is 0 Å². The molecule has 0 aromatic rings. The van der Waals surface area contributed by atoms with E-state index in [1.54, 1.807) is 0 Å². The van der Waals surface area contributed by atoms with Crippen molar-refractivity contribution in [3.05, 3.63) is 0 Å². The Balaban J connectivity index is 2.11. The molecule has 0 spiro atoms. The summed E-state index contributed by atoms with van der Waals surface area (Å²) in [5.74, 6) is 0.153. The van der Waals surface area contributed by atoms with Crippen LogP contribution in [0.1, 0.15) is 40.0 Å². The first-order valence-corrected chi connectivity index (χ1v) is 6.08. The molecule has 16 heavy (non-hydrogen) atoms. The molecule has 92 valence electrons. The van der Waals surface area contributed by atoms with Gasteiger partial charge >= 0.3 is 0 Å². The first-order valence-electron chi connectivity index (χ1n) is 6.08. The number of rotatable bonds is 6. The summed E-state index contributed by atoms with van der Waals surface area (Å²) >= 11 is 0. The SMILES string of the molecule is CC(C)C(=O)NCCC(C)C(=O)NC1CC1. The lowest BCUT2D eigenvalue weighted by molar-refractivity contribution is -0.126. The Kier molecular flexibility index (Phi) is 4.77. The van der Waals surface area contributed by atoms with Gasteiger partial charge in [-0.25, -0.2) is 0 Å². The van der Waals surface area contributed by atoms with E-state index in [1.165, 1.54) is 0 Å². The molecule has 0 radical (unpaired) electrons. The molecule has 2 N–H and O–H groups in total. The third-order valence-electron chi connectivity index (χ3n) is 2.77. The zero-order valence-electron chi connectivity index (χ0n) is 10.4. The maximum atomic E-state index is 11.6. The summed E-state index contributed by atoms with van der Waals surface area (Å²) in [6, 6.07) is 0.417.